The van der Waals surface area contributed by atoms with Gasteiger partial charge in [0.2, 0.25) is 0 Å². The zero-order chi connectivity index (χ0) is 12.0. The van der Waals surface area contributed by atoms with Gasteiger partial charge >= 0.3 is 0 Å². The fraction of sp³-hybridized carbons (Fsp3) is 0.900. The molecule has 0 aliphatic carbocycles. The first-order chi connectivity index (χ1) is 7.56. The Balaban J connectivity index is 2.58. The summed E-state index contributed by atoms with van der Waals surface area (Å²) in [6.07, 6.45) is 4.24. The Morgan fingerprint density at radius 1 is 1.31 bits per heavy atom. The van der Waals surface area contributed by atoms with Crippen LogP contribution < -0.4 is 4.72 Å². The first-order valence-electron chi connectivity index (χ1n) is 5.70. The molecule has 1 aliphatic rings. The van der Waals surface area contributed by atoms with Gasteiger partial charge in [0, 0.05) is 19.1 Å². The number of nitrogens with one attached hydrogen (secondary N) is 1. The van der Waals surface area contributed by atoms with Crippen LogP contribution in [-0.2, 0) is 10.2 Å². The third-order valence-corrected chi connectivity index (χ3v) is 4.40. The van der Waals surface area contributed by atoms with Gasteiger partial charge < -0.3 is 0 Å². The normalized spacial score (nSPS) is 21.0. The van der Waals surface area contributed by atoms with Crippen molar-refractivity contribution in [3.05, 3.63) is 0 Å². The fourth-order valence-electron chi connectivity index (χ4n) is 1.79. The van der Waals surface area contributed by atoms with Gasteiger partial charge in [-0.05, 0) is 19.8 Å². The quantitative estimate of drug-likeness (QED) is 0.803. The Hall–Kier alpha value is -0.640. The molecular weight excluding hydrogens is 226 g/mol. The lowest BCUT2D eigenvalue weighted by Gasteiger charge is -2.22. The van der Waals surface area contributed by atoms with Crippen LogP contribution in [0.5, 0.6) is 0 Å². The van der Waals surface area contributed by atoms with Crippen molar-refractivity contribution in [2.75, 3.05) is 13.1 Å². The van der Waals surface area contributed by atoms with E-state index in [-0.39, 0.29) is 12.5 Å². The Morgan fingerprint density at radius 3 is 2.38 bits per heavy atom. The minimum Gasteiger partial charge on any atom is -0.198 e. The van der Waals surface area contributed by atoms with Gasteiger partial charge in [-0.2, -0.15) is 22.7 Å². The van der Waals surface area contributed by atoms with Gasteiger partial charge in [0.15, 0.2) is 0 Å². The molecule has 16 heavy (non-hydrogen) atoms. The predicted octanol–water partition coefficient (Wildman–Crippen LogP) is 0.999. The highest BCUT2D eigenvalue weighted by atomic mass is 32.2. The van der Waals surface area contributed by atoms with Crippen LogP contribution in [0.4, 0.5) is 0 Å². The van der Waals surface area contributed by atoms with E-state index in [9.17, 15) is 8.42 Å². The van der Waals surface area contributed by atoms with Crippen molar-refractivity contribution in [1.82, 2.24) is 9.03 Å². The SMILES string of the molecule is CC(CC#N)NS(=O)(=O)N1CCCCCC1. The Bertz CT molecular complexity index is 340. The summed E-state index contributed by atoms with van der Waals surface area (Å²) in [7, 11) is -3.40. The maximum atomic E-state index is 11.9. The predicted molar refractivity (Wildman–Crippen MR) is 61.8 cm³/mol. The van der Waals surface area contributed by atoms with Crippen LogP contribution in [-0.4, -0.2) is 31.9 Å². The molecule has 1 N–H and O–H groups in total. The summed E-state index contributed by atoms with van der Waals surface area (Å²) < 4.78 is 27.9. The van der Waals surface area contributed by atoms with Crippen LogP contribution in [0.1, 0.15) is 39.0 Å². The first kappa shape index (κ1) is 13.4. The molecule has 0 radical (unpaired) electrons. The lowest BCUT2D eigenvalue weighted by Crippen LogP contribution is -2.44. The average molecular weight is 245 g/mol. The van der Waals surface area contributed by atoms with Crippen molar-refractivity contribution in [2.24, 2.45) is 0 Å². The van der Waals surface area contributed by atoms with E-state index >= 15 is 0 Å². The zero-order valence-corrected chi connectivity index (χ0v) is 10.5. The van der Waals surface area contributed by atoms with E-state index in [1.165, 1.54) is 4.31 Å². The molecule has 0 bridgehead atoms. The van der Waals surface area contributed by atoms with Crippen molar-refractivity contribution in [3.63, 3.8) is 0 Å². The summed E-state index contributed by atoms with van der Waals surface area (Å²) in [5.74, 6) is 0. The van der Waals surface area contributed by atoms with Crippen molar-refractivity contribution >= 4 is 10.2 Å². The summed E-state index contributed by atoms with van der Waals surface area (Å²) in [6, 6.07) is 1.64. The minimum atomic E-state index is -3.40. The van der Waals surface area contributed by atoms with Crippen LogP contribution in [0.3, 0.4) is 0 Å². The molecule has 0 amide bonds. The van der Waals surface area contributed by atoms with Crippen molar-refractivity contribution in [3.8, 4) is 6.07 Å². The van der Waals surface area contributed by atoms with Crippen LogP contribution in [0.25, 0.3) is 0 Å². The molecule has 1 saturated heterocycles. The number of rotatable bonds is 4. The Kier molecular flexibility index (Phi) is 5.19. The monoisotopic (exact) mass is 245 g/mol. The maximum Gasteiger partial charge on any atom is 0.279 e. The topological polar surface area (TPSA) is 73.2 Å². The molecule has 0 aromatic rings. The molecule has 1 aliphatic heterocycles. The highest BCUT2D eigenvalue weighted by Crippen LogP contribution is 2.12. The number of nitrogens with zero attached hydrogens (tertiary/aromatic N) is 2. The summed E-state index contributed by atoms with van der Waals surface area (Å²) in [5.41, 5.74) is 0. The summed E-state index contributed by atoms with van der Waals surface area (Å²) in [5, 5.41) is 8.49. The van der Waals surface area contributed by atoms with Gasteiger partial charge in [0.1, 0.15) is 0 Å². The number of nitriles is 1. The average Bonchev–Trinajstić information content (AvgIpc) is 2.45. The molecule has 1 fully saturated rings. The van der Waals surface area contributed by atoms with E-state index in [4.69, 9.17) is 5.26 Å². The van der Waals surface area contributed by atoms with E-state index in [0.29, 0.717) is 13.1 Å². The van der Waals surface area contributed by atoms with E-state index in [0.717, 1.165) is 25.7 Å². The highest BCUT2D eigenvalue weighted by molar-refractivity contribution is 7.87. The van der Waals surface area contributed by atoms with Gasteiger partial charge in [0.25, 0.3) is 10.2 Å². The molecule has 0 aromatic carbocycles. The van der Waals surface area contributed by atoms with Gasteiger partial charge in [-0.1, -0.05) is 12.8 Å². The third kappa shape index (κ3) is 4.08. The molecule has 1 heterocycles. The van der Waals surface area contributed by atoms with Crippen molar-refractivity contribution in [2.45, 2.75) is 45.1 Å². The second kappa shape index (κ2) is 6.18. The van der Waals surface area contributed by atoms with Crippen molar-refractivity contribution in [1.29, 1.82) is 5.26 Å². The highest BCUT2D eigenvalue weighted by Gasteiger charge is 2.24. The van der Waals surface area contributed by atoms with Crippen LogP contribution in [0.2, 0.25) is 0 Å². The van der Waals surface area contributed by atoms with Crippen LogP contribution in [0.15, 0.2) is 0 Å². The second-order valence-electron chi connectivity index (χ2n) is 4.20. The van der Waals surface area contributed by atoms with Crippen molar-refractivity contribution < 1.29 is 8.42 Å². The molecule has 0 spiro atoms. The zero-order valence-electron chi connectivity index (χ0n) is 9.65. The fourth-order valence-corrected chi connectivity index (χ4v) is 3.27. The molecule has 0 aromatic heterocycles. The van der Waals surface area contributed by atoms with Crippen LogP contribution in [0, 0.1) is 11.3 Å². The largest absolute Gasteiger partial charge is 0.279 e. The lowest BCUT2D eigenvalue weighted by molar-refractivity contribution is 0.409. The summed E-state index contributed by atoms with van der Waals surface area (Å²) >= 11 is 0. The van der Waals surface area contributed by atoms with Gasteiger partial charge in [-0.25, -0.2) is 0 Å². The van der Waals surface area contributed by atoms with Gasteiger partial charge in [-0.15, -0.1) is 0 Å². The molecule has 1 unspecified atom stereocenters. The summed E-state index contributed by atoms with van der Waals surface area (Å²) in [4.78, 5) is 0. The number of hydrogen-bond acceptors (Lipinski definition) is 3. The Morgan fingerprint density at radius 2 is 1.88 bits per heavy atom. The molecule has 5 nitrogen and oxygen atoms in total. The maximum absolute atomic E-state index is 11.9. The number of hydrogen-bond donors (Lipinski definition) is 1. The smallest absolute Gasteiger partial charge is 0.198 e. The van der Waals surface area contributed by atoms with E-state index in [1.54, 1.807) is 6.92 Å². The molecule has 92 valence electrons. The third-order valence-electron chi connectivity index (χ3n) is 2.65. The lowest BCUT2D eigenvalue weighted by atomic mass is 10.2. The van der Waals surface area contributed by atoms with E-state index in [2.05, 4.69) is 4.72 Å². The molecule has 6 heteroatoms. The van der Waals surface area contributed by atoms with E-state index < -0.39 is 10.2 Å². The van der Waals surface area contributed by atoms with Gasteiger partial charge in [-0.3, -0.25) is 0 Å². The Labute approximate surface area is 97.6 Å². The van der Waals surface area contributed by atoms with Crippen LogP contribution >= 0.6 is 0 Å². The standard InChI is InChI=1S/C10H19N3O2S/c1-10(6-7-11)12-16(14,15)13-8-4-2-3-5-9-13/h10,12H,2-6,8-9H2,1H3. The first-order valence-corrected chi connectivity index (χ1v) is 7.14. The molecule has 1 atom stereocenters. The second-order valence-corrected chi connectivity index (χ2v) is 5.90. The molecular formula is C10H19N3O2S. The summed E-state index contributed by atoms with van der Waals surface area (Å²) in [6.45, 7) is 2.89. The van der Waals surface area contributed by atoms with E-state index in [1.807, 2.05) is 6.07 Å². The molecule has 1 rings (SSSR count). The van der Waals surface area contributed by atoms with Gasteiger partial charge in [0.05, 0.1) is 12.5 Å². The minimum absolute atomic E-state index is 0.201. The molecule has 0 saturated carbocycles.